The summed E-state index contributed by atoms with van der Waals surface area (Å²) >= 11 is 0. The van der Waals surface area contributed by atoms with Crippen LogP contribution in [0.2, 0.25) is 0 Å². The van der Waals surface area contributed by atoms with Crippen molar-refractivity contribution in [2.75, 3.05) is 55.2 Å². The maximum atomic E-state index is 13.7. The number of anilines is 3. The van der Waals surface area contributed by atoms with E-state index in [9.17, 15) is 17.7 Å². The molecule has 0 amide bonds. The summed E-state index contributed by atoms with van der Waals surface area (Å²) in [5.74, 6) is -0.297. The third-order valence-electron chi connectivity index (χ3n) is 5.54. The second kappa shape index (κ2) is 11.3. The fourth-order valence-corrected chi connectivity index (χ4v) is 4.57. The highest BCUT2D eigenvalue weighted by Gasteiger charge is 2.36. The third kappa shape index (κ3) is 7.61. The van der Waals surface area contributed by atoms with E-state index in [0.29, 0.717) is 24.2 Å². The van der Waals surface area contributed by atoms with Gasteiger partial charge in [-0.25, -0.2) is 4.99 Å². The highest BCUT2D eigenvalue weighted by Crippen LogP contribution is 2.35. The van der Waals surface area contributed by atoms with E-state index in [1.54, 1.807) is 44.5 Å². The van der Waals surface area contributed by atoms with Crippen molar-refractivity contribution in [2.45, 2.75) is 26.2 Å². The van der Waals surface area contributed by atoms with Crippen molar-refractivity contribution in [3.63, 3.8) is 0 Å². The lowest BCUT2D eigenvalue weighted by Crippen LogP contribution is -2.36. The predicted molar refractivity (Wildman–Crippen MR) is 139 cm³/mol. The van der Waals surface area contributed by atoms with Crippen LogP contribution < -0.4 is 20.8 Å². The standard InChI is InChI=1S/C25H32F3N4O2P/c1-5-23(25(26,27)28)24(31-20-8-12-22(13-9-20)35(3,4)33)30-18(2)29-19-6-10-21(11-7-19)32-14-16-34-17-15-32/h5-13,18,29H,14-17H2,1-4H3,(H,30,31)/b23-5+. The van der Waals surface area contributed by atoms with Crippen LogP contribution in [0, 0.1) is 0 Å². The smallest absolute Gasteiger partial charge is 0.378 e. The zero-order chi connectivity index (χ0) is 25.6. The maximum Gasteiger partial charge on any atom is 0.419 e. The van der Waals surface area contributed by atoms with Gasteiger partial charge >= 0.3 is 6.18 Å². The molecule has 2 aromatic carbocycles. The van der Waals surface area contributed by atoms with Crippen LogP contribution in [-0.2, 0) is 9.30 Å². The number of ether oxygens (including phenoxy) is 1. The van der Waals surface area contributed by atoms with Gasteiger partial charge < -0.3 is 24.8 Å². The van der Waals surface area contributed by atoms with E-state index >= 15 is 0 Å². The zero-order valence-corrected chi connectivity index (χ0v) is 21.3. The van der Waals surface area contributed by atoms with Gasteiger partial charge in [0, 0.05) is 35.5 Å². The van der Waals surface area contributed by atoms with Gasteiger partial charge in [0.15, 0.2) is 0 Å². The van der Waals surface area contributed by atoms with Gasteiger partial charge in [0.05, 0.1) is 18.8 Å². The Labute approximate surface area is 204 Å². The number of nitrogens with one attached hydrogen (secondary N) is 2. The molecule has 1 atom stereocenters. The first-order valence-corrected chi connectivity index (χ1v) is 14.0. The Balaban J connectivity index is 1.79. The summed E-state index contributed by atoms with van der Waals surface area (Å²) in [6.07, 6.45) is -4.23. The van der Waals surface area contributed by atoms with Crippen LogP contribution in [-0.4, -0.2) is 57.8 Å². The largest absolute Gasteiger partial charge is 0.419 e. The monoisotopic (exact) mass is 508 g/mol. The Bertz CT molecular complexity index is 1090. The minimum absolute atomic E-state index is 0.297. The molecule has 3 rings (SSSR count). The lowest BCUT2D eigenvalue weighted by atomic mass is 10.2. The first kappa shape index (κ1) is 26.8. The quantitative estimate of drug-likeness (QED) is 0.292. The molecule has 0 spiro atoms. The van der Waals surface area contributed by atoms with E-state index in [1.165, 1.54) is 6.92 Å². The van der Waals surface area contributed by atoms with E-state index < -0.39 is 25.1 Å². The number of amidine groups is 1. The number of benzene rings is 2. The van der Waals surface area contributed by atoms with Gasteiger partial charge in [-0.3, -0.25) is 0 Å². The second-order valence-corrected chi connectivity index (χ2v) is 11.9. The highest BCUT2D eigenvalue weighted by molar-refractivity contribution is 7.70. The topological polar surface area (TPSA) is 66.0 Å². The Morgan fingerprint density at radius 1 is 1.06 bits per heavy atom. The van der Waals surface area contributed by atoms with Crippen LogP contribution in [0.3, 0.4) is 0 Å². The Morgan fingerprint density at radius 2 is 1.63 bits per heavy atom. The SMILES string of the molecule is C/C=C(\C(=N/C(C)Nc1ccc(N2CCOCC2)cc1)Nc1ccc(P(C)(C)=O)cc1)C(F)(F)F. The summed E-state index contributed by atoms with van der Waals surface area (Å²) in [6.45, 7) is 9.32. The number of rotatable bonds is 7. The molecule has 0 aliphatic carbocycles. The summed E-state index contributed by atoms with van der Waals surface area (Å²) in [6, 6.07) is 14.2. The molecule has 1 fully saturated rings. The summed E-state index contributed by atoms with van der Waals surface area (Å²) in [7, 11) is -2.47. The number of hydrogen-bond donors (Lipinski definition) is 2. The van der Waals surface area contributed by atoms with Gasteiger partial charge in [0.1, 0.15) is 19.1 Å². The van der Waals surface area contributed by atoms with Crippen molar-refractivity contribution in [1.29, 1.82) is 0 Å². The molecule has 190 valence electrons. The molecule has 6 nitrogen and oxygen atoms in total. The van der Waals surface area contributed by atoms with Gasteiger partial charge in [-0.1, -0.05) is 6.08 Å². The van der Waals surface area contributed by atoms with Crippen molar-refractivity contribution in [3.8, 4) is 0 Å². The Morgan fingerprint density at radius 3 is 2.14 bits per heavy atom. The summed E-state index contributed by atoms with van der Waals surface area (Å²) < 4.78 is 58.8. The van der Waals surface area contributed by atoms with Gasteiger partial charge in [-0.05, 0) is 75.7 Å². The maximum absolute atomic E-state index is 13.7. The van der Waals surface area contributed by atoms with Gasteiger partial charge in [0.2, 0.25) is 0 Å². The molecule has 0 saturated carbocycles. The van der Waals surface area contributed by atoms with Crippen LogP contribution >= 0.6 is 7.14 Å². The van der Waals surface area contributed by atoms with Crippen molar-refractivity contribution < 1.29 is 22.5 Å². The normalized spacial score (nSPS) is 16.7. The fraction of sp³-hybridized carbons (Fsp3) is 0.400. The molecule has 0 radical (unpaired) electrons. The average molecular weight is 509 g/mol. The molecule has 2 N–H and O–H groups in total. The highest BCUT2D eigenvalue weighted by atomic mass is 31.2. The number of halogens is 3. The lowest BCUT2D eigenvalue weighted by Gasteiger charge is -2.29. The van der Waals surface area contributed by atoms with Crippen molar-refractivity contribution in [3.05, 3.63) is 60.2 Å². The predicted octanol–water partition coefficient (Wildman–Crippen LogP) is 5.55. The van der Waals surface area contributed by atoms with Crippen LogP contribution in [0.25, 0.3) is 0 Å². The van der Waals surface area contributed by atoms with Crippen LogP contribution in [0.15, 0.2) is 65.2 Å². The van der Waals surface area contributed by atoms with Gasteiger partial charge in [-0.2, -0.15) is 13.2 Å². The molecule has 0 aromatic heterocycles. The van der Waals surface area contributed by atoms with E-state index in [0.717, 1.165) is 30.5 Å². The molecule has 1 aliphatic heterocycles. The molecule has 1 heterocycles. The third-order valence-corrected chi connectivity index (χ3v) is 7.08. The summed E-state index contributed by atoms with van der Waals surface area (Å²) in [4.78, 5) is 6.53. The van der Waals surface area contributed by atoms with Crippen LogP contribution in [0.4, 0.5) is 30.2 Å². The fourth-order valence-electron chi connectivity index (χ4n) is 3.70. The van der Waals surface area contributed by atoms with Crippen LogP contribution in [0.5, 0.6) is 0 Å². The number of aliphatic imine (C=N–C) groups is 1. The number of nitrogens with zero attached hydrogens (tertiary/aromatic N) is 2. The van der Waals surface area contributed by atoms with Crippen molar-refractivity contribution in [2.24, 2.45) is 4.99 Å². The van der Waals surface area contributed by atoms with Crippen molar-refractivity contribution in [1.82, 2.24) is 0 Å². The number of hydrogen-bond acceptors (Lipinski definition) is 5. The van der Waals surface area contributed by atoms with Crippen LogP contribution in [0.1, 0.15) is 13.8 Å². The van der Waals surface area contributed by atoms with Gasteiger partial charge in [-0.15, -0.1) is 0 Å². The molecule has 1 aliphatic rings. The lowest BCUT2D eigenvalue weighted by molar-refractivity contribution is -0.0861. The van der Waals surface area contributed by atoms with E-state index in [1.807, 2.05) is 24.3 Å². The molecular formula is C25H32F3N4O2P. The summed E-state index contributed by atoms with van der Waals surface area (Å²) in [5, 5.41) is 6.60. The minimum atomic E-state index is -4.58. The molecule has 35 heavy (non-hydrogen) atoms. The number of morpholine rings is 1. The average Bonchev–Trinajstić information content (AvgIpc) is 2.79. The summed E-state index contributed by atoms with van der Waals surface area (Å²) in [5.41, 5.74) is 1.37. The van der Waals surface area contributed by atoms with E-state index in [4.69, 9.17) is 4.74 Å². The first-order valence-electron chi connectivity index (χ1n) is 11.4. The molecule has 10 heteroatoms. The minimum Gasteiger partial charge on any atom is -0.378 e. The number of allylic oxidation sites excluding steroid dienone is 1. The Hall–Kier alpha value is -2.77. The molecule has 0 bridgehead atoms. The Kier molecular flexibility index (Phi) is 8.67. The molecule has 1 unspecified atom stereocenters. The zero-order valence-electron chi connectivity index (χ0n) is 20.4. The van der Waals surface area contributed by atoms with Crippen molar-refractivity contribution >= 4 is 35.3 Å². The van der Waals surface area contributed by atoms with E-state index in [-0.39, 0.29) is 5.84 Å². The first-order chi connectivity index (χ1) is 16.5. The molecular weight excluding hydrogens is 476 g/mol. The molecule has 2 aromatic rings. The number of alkyl halides is 3. The van der Waals surface area contributed by atoms with Gasteiger partial charge in [0.25, 0.3) is 0 Å². The van der Waals surface area contributed by atoms with E-state index in [2.05, 4.69) is 20.5 Å². The second-order valence-electron chi connectivity index (χ2n) is 8.67. The molecule has 1 saturated heterocycles.